The highest BCUT2D eigenvalue weighted by molar-refractivity contribution is 5.80. The van der Waals surface area contributed by atoms with Crippen LogP contribution in [-0.2, 0) is 19.0 Å². The van der Waals surface area contributed by atoms with Crippen LogP contribution in [0.1, 0.15) is 131 Å². The number of ether oxygens (including phenoxy) is 3. The van der Waals surface area contributed by atoms with Gasteiger partial charge in [0.2, 0.25) is 0 Å². The van der Waals surface area contributed by atoms with Crippen molar-refractivity contribution < 1.29 is 23.8 Å². The maximum Gasteiger partial charge on any atom is 0.408 e. The van der Waals surface area contributed by atoms with E-state index in [-0.39, 0.29) is 6.61 Å². The third-order valence-corrected chi connectivity index (χ3v) is 5.41. The zero-order valence-electron chi connectivity index (χ0n) is 22.3. The molecule has 196 valence electrons. The van der Waals surface area contributed by atoms with Gasteiger partial charge in [-0.15, -0.1) is 0 Å². The Labute approximate surface area is 203 Å². The van der Waals surface area contributed by atoms with Gasteiger partial charge in [0.05, 0.1) is 6.61 Å². The quantitative estimate of drug-likeness (QED) is 0.140. The predicted octanol–water partition coefficient (Wildman–Crippen LogP) is 7.33. The maximum absolute atomic E-state index is 11.9. The molecule has 6 heteroatoms. The van der Waals surface area contributed by atoms with Crippen LogP contribution >= 0.6 is 0 Å². The van der Waals surface area contributed by atoms with E-state index >= 15 is 0 Å². The fourth-order valence-corrected chi connectivity index (χ4v) is 3.50. The molecule has 0 fully saturated rings. The smallest absolute Gasteiger partial charge is 0.408 e. The molecule has 0 radical (unpaired) electrons. The van der Waals surface area contributed by atoms with E-state index in [1.165, 1.54) is 83.5 Å². The van der Waals surface area contributed by atoms with E-state index in [0.717, 1.165) is 13.0 Å². The van der Waals surface area contributed by atoms with Crippen molar-refractivity contribution in [1.82, 2.24) is 5.32 Å². The monoisotopic (exact) mass is 471 g/mol. The second-order valence-corrected chi connectivity index (χ2v) is 10.1. The summed E-state index contributed by atoms with van der Waals surface area (Å²) in [6.45, 7) is 10.8. The Hall–Kier alpha value is -1.30. The fraction of sp³-hybridized carbons (Fsp3) is 0.926. The fourth-order valence-electron chi connectivity index (χ4n) is 3.50. The number of amides is 1. The van der Waals surface area contributed by atoms with Crippen molar-refractivity contribution in [1.29, 1.82) is 0 Å². The van der Waals surface area contributed by atoms with E-state index in [1.807, 2.05) is 0 Å². The zero-order chi connectivity index (χ0) is 24.8. The number of carbonyl (C=O) groups is 2. The minimum Gasteiger partial charge on any atom is -0.464 e. The number of alkyl carbamates (subject to hydrolysis) is 1. The predicted molar refractivity (Wildman–Crippen MR) is 136 cm³/mol. The molecule has 0 saturated carbocycles. The third-order valence-electron chi connectivity index (χ3n) is 5.41. The molecule has 0 aliphatic carbocycles. The number of hydrogen-bond acceptors (Lipinski definition) is 5. The van der Waals surface area contributed by atoms with Crippen LogP contribution in [0, 0.1) is 0 Å². The number of carbonyl (C=O) groups excluding carboxylic acids is 2. The summed E-state index contributed by atoms with van der Waals surface area (Å²) in [5.74, 6) is -0.465. The van der Waals surface area contributed by atoms with Crippen LogP contribution in [0.3, 0.4) is 0 Å². The summed E-state index contributed by atoms with van der Waals surface area (Å²) in [6, 6.07) is -0.740. The summed E-state index contributed by atoms with van der Waals surface area (Å²) in [6.07, 6.45) is 19.0. The van der Waals surface area contributed by atoms with Gasteiger partial charge >= 0.3 is 12.1 Å². The molecule has 0 aliphatic rings. The molecule has 0 saturated heterocycles. The van der Waals surface area contributed by atoms with E-state index < -0.39 is 23.7 Å². The minimum absolute atomic E-state index is 0.290. The van der Waals surface area contributed by atoms with Crippen LogP contribution in [0.4, 0.5) is 4.79 Å². The highest BCUT2D eigenvalue weighted by atomic mass is 16.6. The van der Waals surface area contributed by atoms with E-state index in [9.17, 15) is 9.59 Å². The average Bonchev–Trinajstić information content (AvgIpc) is 2.73. The van der Waals surface area contributed by atoms with Crippen molar-refractivity contribution in [3.05, 3.63) is 0 Å². The maximum atomic E-state index is 11.9. The Morgan fingerprint density at radius 3 is 1.64 bits per heavy atom. The number of hydrogen-bond donors (Lipinski definition) is 1. The largest absolute Gasteiger partial charge is 0.464 e. The molecule has 33 heavy (non-hydrogen) atoms. The first-order valence-corrected chi connectivity index (χ1v) is 13.5. The van der Waals surface area contributed by atoms with Crippen LogP contribution in [0.2, 0.25) is 0 Å². The van der Waals surface area contributed by atoms with E-state index in [2.05, 4.69) is 12.2 Å². The van der Waals surface area contributed by atoms with Gasteiger partial charge in [-0.05, 0) is 34.1 Å². The van der Waals surface area contributed by atoms with Crippen molar-refractivity contribution in [2.45, 2.75) is 143 Å². The lowest BCUT2D eigenvalue weighted by atomic mass is 10.0. The molecule has 6 nitrogen and oxygen atoms in total. The average molecular weight is 472 g/mol. The van der Waals surface area contributed by atoms with Gasteiger partial charge in [-0.25, -0.2) is 9.59 Å². The summed E-state index contributed by atoms with van der Waals surface area (Å²) in [7, 11) is 0. The summed E-state index contributed by atoms with van der Waals surface area (Å²) in [5.41, 5.74) is -0.599. The molecule has 0 aromatic heterocycles. The highest BCUT2D eigenvalue weighted by Gasteiger charge is 2.21. The van der Waals surface area contributed by atoms with Crippen molar-refractivity contribution in [2.75, 3.05) is 19.8 Å². The Morgan fingerprint density at radius 2 is 1.15 bits per heavy atom. The SMILES string of the molecule is CCCCCCCCCCCCCCCCOCCCOC(=O)C(C)NC(=O)OC(C)(C)C. The van der Waals surface area contributed by atoms with Crippen LogP contribution in [-0.4, -0.2) is 43.5 Å². The normalized spacial score (nSPS) is 12.4. The first-order valence-electron chi connectivity index (χ1n) is 13.5. The summed E-state index contributed by atoms with van der Waals surface area (Å²) in [4.78, 5) is 23.6. The topological polar surface area (TPSA) is 73.9 Å². The lowest BCUT2D eigenvalue weighted by Crippen LogP contribution is -2.42. The van der Waals surface area contributed by atoms with Gasteiger partial charge in [-0.2, -0.15) is 0 Å². The summed E-state index contributed by atoms with van der Waals surface area (Å²) < 4.78 is 15.9. The molecular weight excluding hydrogens is 418 g/mol. The van der Waals surface area contributed by atoms with Crippen molar-refractivity contribution >= 4 is 12.1 Å². The molecule has 0 spiro atoms. The molecular formula is C27H53NO5. The van der Waals surface area contributed by atoms with E-state index in [0.29, 0.717) is 13.0 Å². The third kappa shape index (κ3) is 23.6. The second-order valence-electron chi connectivity index (χ2n) is 10.1. The van der Waals surface area contributed by atoms with E-state index in [4.69, 9.17) is 14.2 Å². The molecule has 0 heterocycles. The second kappa shape index (κ2) is 21.2. The summed E-state index contributed by atoms with van der Waals surface area (Å²) >= 11 is 0. The van der Waals surface area contributed by atoms with Gasteiger partial charge in [0, 0.05) is 19.6 Å². The van der Waals surface area contributed by atoms with Gasteiger partial charge in [0.1, 0.15) is 11.6 Å². The molecule has 1 unspecified atom stereocenters. The van der Waals surface area contributed by atoms with Crippen LogP contribution in [0.15, 0.2) is 0 Å². The number of esters is 1. The van der Waals surface area contributed by atoms with Crippen LogP contribution in [0.5, 0.6) is 0 Å². The van der Waals surface area contributed by atoms with Gasteiger partial charge in [0.25, 0.3) is 0 Å². The Morgan fingerprint density at radius 1 is 0.697 bits per heavy atom. The molecule has 0 aromatic rings. The molecule has 0 rings (SSSR count). The van der Waals surface area contributed by atoms with Crippen molar-refractivity contribution in [3.63, 3.8) is 0 Å². The molecule has 1 atom stereocenters. The lowest BCUT2D eigenvalue weighted by molar-refractivity contribution is -0.146. The zero-order valence-corrected chi connectivity index (χ0v) is 22.3. The van der Waals surface area contributed by atoms with E-state index in [1.54, 1.807) is 27.7 Å². The Balaban J connectivity index is 3.35. The van der Waals surface area contributed by atoms with Crippen LogP contribution in [0.25, 0.3) is 0 Å². The molecule has 0 bridgehead atoms. The minimum atomic E-state index is -0.740. The first kappa shape index (κ1) is 31.7. The summed E-state index contributed by atoms with van der Waals surface area (Å²) in [5, 5.41) is 2.48. The van der Waals surface area contributed by atoms with Crippen LogP contribution < -0.4 is 5.32 Å². The molecule has 0 aromatic carbocycles. The lowest BCUT2D eigenvalue weighted by Gasteiger charge is -2.21. The highest BCUT2D eigenvalue weighted by Crippen LogP contribution is 2.13. The molecule has 1 N–H and O–H groups in total. The van der Waals surface area contributed by atoms with Crippen molar-refractivity contribution in [2.24, 2.45) is 0 Å². The van der Waals surface area contributed by atoms with Gasteiger partial charge in [-0.3, -0.25) is 0 Å². The number of nitrogens with one attached hydrogen (secondary N) is 1. The van der Waals surface area contributed by atoms with Gasteiger partial charge in [0.15, 0.2) is 0 Å². The van der Waals surface area contributed by atoms with Gasteiger partial charge in [-0.1, -0.05) is 90.4 Å². The first-order chi connectivity index (χ1) is 15.8. The van der Waals surface area contributed by atoms with Gasteiger partial charge < -0.3 is 19.5 Å². The standard InChI is InChI=1S/C27H53NO5/c1-6-7-8-9-10-11-12-13-14-15-16-17-18-19-21-31-22-20-23-32-25(29)24(2)28-26(30)33-27(3,4)5/h24H,6-23H2,1-5H3,(H,28,30). The Bertz CT molecular complexity index is 476. The van der Waals surface area contributed by atoms with Crippen molar-refractivity contribution in [3.8, 4) is 0 Å². The molecule has 0 aliphatic heterocycles. The molecule has 1 amide bonds. The number of unbranched alkanes of at least 4 members (excludes halogenated alkanes) is 13. The Kier molecular flexibility index (Phi) is 20.4. The number of rotatable bonds is 21.